The first-order valence-electron chi connectivity index (χ1n) is 11.9. The molecule has 0 bridgehead atoms. The van der Waals surface area contributed by atoms with Crippen molar-refractivity contribution in [3.8, 4) is 5.75 Å². The van der Waals surface area contributed by atoms with Crippen LogP contribution in [0.25, 0.3) is 0 Å². The fraction of sp³-hybridized carbons (Fsp3) is 0.172. The minimum atomic E-state index is -4.87. The molecule has 0 aliphatic carbocycles. The molecule has 0 radical (unpaired) electrons. The van der Waals surface area contributed by atoms with Gasteiger partial charge >= 0.3 is 12.2 Å². The molecule has 4 rings (SSSR count). The number of ether oxygens (including phenoxy) is 1. The first-order chi connectivity index (χ1) is 19.0. The molecule has 0 unspecified atom stereocenters. The maximum atomic E-state index is 14.8. The van der Waals surface area contributed by atoms with E-state index in [1.807, 2.05) is 0 Å². The summed E-state index contributed by atoms with van der Waals surface area (Å²) in [5, 5.41) is 5.26. The Morgan fingerprint density at radius 1 is 0.925 bits per heavy atom. The van der Waals surface area contributed by atoms with E-state index in [1.54, 1.807) is 36.4 Å². The van der Waals surface area contributed by atoms with Crippen LogP contribution in [0, 0.1) is 11.6 Å². The zero-order chi connectivity index (χ0) is 28.9. The van der Waals surface area contributed by atoms with Crippen molar-refractivity contribution in [2.45, 2.75) is 22.6 Å². The van der Waals surface area contributed by atoms with Crippen molar-refractivity contribution in [1.29, 1.82) is 0 Å². The van der Waals surface area contributed by atoms with Crippen molar-refractivity contribution in [3.05, 3.63) is 125 Å². The summed E-state index contributed by atoms with van der Waals surface area (Å²) in [6, 6.07) is 16.4. The van der Waals surface area contributed by atoms with Crippen LogP contribution in [0.3, 0.4) is 0 Å². The molecule has 0 aliphatic heterocycles. The number of benzene rings is 3. The van der Waals surface area contributed by atoms with Crippen LogP contribution in [0.2, 0.25) is 0 Å². The van der Waals surface area contributed by atoms with Gasteiger partial charge in [0.15, 0.2) is 0 Å². The molecule has 1 heterocycles. The van der Waals surface area contributed by atoms with Gasteiger partial charge in [-0.15, -0.1) is 0 Å². The Balaban J connectivity index is 1.95. The number of amides is 2. The molecule has 1 aromatic heterocycles. The highest BCUT2D eigenvalue weighted by Crippen LogP contribution is 2.39. The number of aromatic nitrogens is 1. The van der Waals surface area contributed by atoms with Crippen LogP contribution in [-0.2, 0) is 22.6 Å². The van der Waals surface area contributed by atoms with Gasteiger partial charge in [0.2, 0.25) is 0 Å². The highest BCUT2D eigenvalue weighted by atomic mass is 127. The zero-order valence-corrected chi connectivity index (χ0v) is 23.2. The minimum Gasteiger partial charge on any atom is -0.496 e. The van der Waals surface area contributed by atoms with E-state index < -0.39 is 34.9 Å². The van der Waals surface area contributed by atoms with Gasteiger partial charge < -0.3 is 15.4 Å². The van der Waals surface area contributed by atoms with Crippen LogP contribution >= 0.6 is 22.6 Å². The second-order valence-corrected chi connectivity index (χ2v) is 9.66. The highest BCUT2D eigenvalue weighted by molar-refractivity contribution is 14.1. The topological polar surface area (TPSA) is 63.2 Å². The summed E-state index contributed by atoms with van der Waals surface area (Å²) < 4.78 is 76.2. The SMILES string of the molecule is COc1ccccc1C[C@@](NC(=O)Nc1cccc(F)c1)(c1cc(F)cc(C(F)(F)F)c1)c1ccc(CI)cn1. The lowest BCUT2D eigenvalue weighted by molar-refractivity contribution is -0.137. The normalized spacial score (nSPS) is 12.9. The van der Waals surface area contributed by atoms with Gasteiger partial charge in [0.05, 0.1) is 18.4 Å². The van der Waals surface area contributed by atoms with Crippen molar-refractivity contribution >= 4 is 34.3 Å². The van der Waals surface area contributed by atoms with Gasteiger partial charge in [-0.3, -0.25) is 4.98 Å². The number of para-hydroxylation sites is 1. The number of nitrogens with zero attached hydrogens (tertiary/aromatic N) is 1. The molecule has 0 fully saturated rings. The summed E-state index contributed by atoms with van der Waals surface area (Å²) in [4.78, 5) is 17.9. The lowest BCUT2D eigenvalue weighted by atomic mass is 9.79. The number of halogens is 6. The molecular weight excluding hydrogens is 644 g/mol. The third kappa shape index (κ3) is 6.69. The number of carbonyl (C=O) groups is 1. The van der Waals surface area contributed by atoms with Crippen molar-refractivity contribution in [2.75, 3.05) is 12.4 Å². The lowest BCUT2D eigenvalue weighted by Crippen LogP contribution is -2.51. The molecule has 208 valence electrons. The molecule has 0 spiro atoms. The summed E-state index contributed by atoms with van der Waals surface area (Å²) >= 11 is 2.14. The van der Waals surface area contributed by atoms with Crippen LogP contribution < -0.4 is 15.4 Å². The Morgan fingerprint density at radius 3 is 2.33 bits per heavy atom. The molecule has 3 aromatic carbocycles. The van der Waals surface area contributed by atoms with Crippen LogP contribution in [0.4, 0.5) is 32.4 Å². The predicted octanol–water partition coefficient (Wildman–Crippen LogP) is 7.63. The Kier molecular flexibility index (Phi) is 8.92. The first-order valence-corrected chi connectivity index (χ1v) is 13.4. The largest absolute Gasteiger partial charge is 0.496 e. The lowest BCUT2D eigenvalue weighted by Gasteiger charge is -2.36. The molecule has 2 amide bonds. The zero-order valence-electron chi connectivity index (χ0n) is 21.0. The van der Waals surface area contributed by atoms with Gasteiger partial charge in [-0.2, -0.15) is 13.2 Å². The van der Waals surface area contributed by atoms with Crippen LogP contribution in [-0.4, -0.2) is 18.1 Å². The quantitative estimate of drug-likeness (QED) is 0.116. The molecule has 0 aliphatic rings. The highest BCUT2D eigenvalue weighted by Gasteiger charge is 2.41. The molecule has 40 heavy (non-hydrogen) atoms. The summed E-state index contributed by atoms with van der Waals surface area (Å²) in [6.07, 6.45) is -3.49. The molecule has 0 saturated heterocycles. The van der Waals surface area contributed by atoms with Crippen molar-refractivity contribution in [2.24, 2.45) is 0 Å². The second kappa shape index (κ2) is 12.2. The van der Waals surface area contributed by atoms with E-state index in [9.17, 15) is 26.7 Å². The van der Waals surface area contributed by atoms with E-state index in [2.05, 4.69) is 38.2 Å². The van der Waals surface area contributed by atoms with Crippen molar-refractivity contribution in [1.82, 2.24) is 10.3 Å². The van der Waals surface area contributed by atoms with Gasteiger partial charge in [-0.05, 0) is 65.2 Å². The van der Waals surface area contributed by atoms with E-state index in [-0.39, 0.29) is 23.4 Å². The number of carbonyl (C=O) groups excluding carboxylic acids is 1. The van der Waals surface area contributed by atoms with E-state index in [4.69, 9.17) is 4.74 Å². The number of anilines is 1. The minimum absolute atomic E-state index is 0.104. The van der Waals surface area contributed by atoms with E-state index in [1.165, 1.54) is 31.5 Å². The van der Waals surface area contributed by atoms with Crippen molar-refractivity contribution in [3.63, 3.8) is 0 Å². The average Bonchev–Trinajstić information content (AvgIpc) is 2.92. The Bertz CT molecular complexity index is 1500. The molecule has 1 atom stereocenters. The van der Waals surface area contributed by atoms with E-state index in [0.717, 1.165) is 23.8 Å². The summed E-state index contributed by atoms with van der Waals surface area (Å²) in [5.74, 6) is -1.35. The maximum Gasteiger partial charge on any atom is 0.416 e. The van der Waals surface area contributed by atoms with Gasteiger partial charge in [-0.1, -0.05) is 52.9 Å². The van der Waals surface area contributed by atoms with Gasteiger partial charge in [0.25, 0.3) is 0 Å². The Labute approximate surface area is 240 Å². The van der Waals surface area contributed by atoms with Crippen molar-refractivity contribution < 1.29 is 31.5 Å². The number of hydrogen-bond donors (Lipinski definition) is 2. The molecule has 5 nitrogen and oxygen atoms in total. The number of hydrogen-bond acceptors (Lipinski definition) is 3. The fourth-order valence-electron chi connectivity index (χ4n) is 4.33. The molecule has 0 saturated carbocycles. The third-order valence-corrected chi connectivity index (χ3v) is 7.07. The number of alkyl halides is 4. The smallest absolute Gasteiger partial charge is 0.416 e. The van der Waals surface area contributed by atoms with Gasteiger partial charge in [0.1, 0.15) is 22.9 Å². The molecular formula is C29H23F5IN3O2. The van der Waals surface area contributed by atoms with Gasteiger partial charge in [0, 0.05) is 22.7 Å². The number of pyridine rings is 1. The number of nitrogens with one attached hydrogen (secondary N) is 2. The third-order valence-electron chi connectivity index (χ3n) is 6.19. The van der Waals surface area contributed by atoms with Crippen LogP contribution in [0.1, 0.15) is 27.9 Å². The Morgan fingerprint density at radius 2 is 1.68 bits per heavy atom. The van der Waals surface area contributed by atoms with Crippen LogP contribution in [0.5, 0.6) is 5.75 Å². The maximum absolute atomic E-state index is 14.8. The molecule has 4 aromatic rings. The number of methoxy groups -OCH3 is 1. The van der Waals surface area contributed by atoms with Crippen LogP contribution in [0.15, 0.2) is 85.1 Å². The second-order valence-electron chi connectivity index (χ2n) is 8.90. The molecule has 11 heteroatoms. The average molecular weight is 667 g/mol. The summed E-state index contributed by atoms with van der Waals surface area (Å²) in [6.45, 7) is 0. The fourth-order valence-corrected chi connectivity index (χ4v) is 4.78. The summed E-state index contributed by atoms with van der Waals surface area (Å²) in [5.41, 5.74) is -1.66. The Hall–Kier alpha value is -3.74. The molecule has 2 N–H and O–H groups in total. The standard InChI is InChI=1S/C29H23F5IN3O2/c1-40-25-8-3-2-5-19(25)15-28(26-10-9-18(16-35)17-36-26,20-11-21(29(32,33)34)13-23(31)12-20)38-27(39)37-24-7-4-6-22(30)14-24/h2-14,17H,15-16H2,1H3,(H2,37,38,39)/t28-/m1/s1. The van der Waals surface area contributed by atoms with E-state index in [0.29, 0.717) is 21.8 Å². The summed E-state index contributed by atoms with van der Waals surface area (Å²) in [7, 11) is 1.43. The number of urea groups is 1. The van der Waals surface area contributed by atoms with Gasteiger partial charge in [-0.25, -0.2) is 13.6 Å². The number of rotatable bonds is 8. The predicted molar refractivity (Wildman–Crippen MR) is 149 cm³/mol. The first kappa shape index (κ1) is 29.2. The van der Waals surface area contributed by atoms with E-state index >= 15 is 0 Å². The monoisotopic (exact) mass is 667 g/mol.